The summed E-state index contributed by atoms with van der Waals surface area (Å²) < 4.78 is 0. The lowest BCUT2D eigenvalue weighted by Gasteiger charge is -2.14. The van der Waals surface area contributed by atoms with Crippen LogP contribution in [0, 0.1) is 6.92 Å². The first-order valence-electron chi connectivity index (χ1n) is 7.31. The van der Waals surface area contributed by atoms with Crippen LogP contribution in [0.5, 0.6) is 0 Å². The van der Waals surface area contributed by atoms with Crippen molar-refractivity contribution in [1.29, 1.82) is 0 Å². The van der Waals surface area contributed by atoms with E-state index >= 15 is 0 Å². The van der Waals surface area contributed by atoms with Crippen molar-refractivity contribution in [3.63, 3.8) is 0 Å². The summed E-state index contributed by atoms with van der Waals surface area (Å²) in [6, 6.07) is 12.2. The Kier molecular flexibility index (Phi) is 5.39. The van der Waals surface area contributed by atoms with E-state index in [1.165, 1.54) is 9.75 Å². The average molecular weight is 302 g/mol. The highest BCUT2D eigenvalue weighted by molar-refractivity contribution is 7.12. The highest BCUT2D eigenvalue weighted by Gasteiger charge is 2.09. The summed E-state index contributed by atoms with van der Waals surface area (Å²) in [5, 5.41) is 6.35. The number of hydrogen-bond donors (Lipinski definition) is 2. The van der Waals surface area contributed by atoms with Crippen molar-refractivity contribution in [2.24, 2.45) is 0 Å². The second kappa shape index (κ2) is 7.27. The predicted octanol–water partition coefficient (Wildman–Crippen LogP) is 4.37. The van der Waals surface area contributed by atoms with Crippen LogP contribution in [-0.4, -0.2) is 12.5 Å². The van der Waals surface area contributed by atoms with Gasteiger partial charge in [0.1, 0.15) is 0 Å². The summed E-state index contributed by atoms with van der Waals surface area (Å²) in [7, 11) is 0. The van der Waals surface area contributed by atoms with Crippen LogP contribution in [0.15, 0.2) is 36.4 Å². The number of rotatable bonds is 6. The Hall–Kier alpha value is -1.81. The zero-order valence-corrected chi connectivity index (χ0v) is 13.6. The van der Waals surface area contributed by atoms with Gasteiger partial charge in [-0.1, -0.05) is 13.0 Å². The molecule has 0 bridgehead atoms. The number of carbonyl (C=O) groups excluding carboxylic acids is 1. The van der Waals surface area contributed by atoms with Crippen molar-refractivity contribution < 1.29 is 4.79 Å². The van der Waals surface area contributed by atoms with Gasteiger partial charge in [-0.3, -0.25) is 4.79 Å². The highest BCUT2D eigenvalue weighted by atomic mass is 32.1. The number of hydrogen-bond acceptors (Lipinski definition) is 3. The van der Waals surface area contributed by atoms with Crippen molar-refractivity contribution in [2.45, 2.75) is 33.2 Å². The molecule has 2 N–H and O–H groups in total. The minimum atomic E-state index is -0.0138. The van der Waals surface area contributed by atoms with Crippen LogP contribution in [0.1, 0.15) is 46.4 Å². The molecule has 4 heteroatoms. The van der Waals surface area contributed by atoms with Gasteiger partial charge in [-0.2, -0.15) is 0 Å². The first-order chi connectivity index (χ1) is 10.1. The number of benzene rings is 1. The summed E-state index contributed by atoms with van der Waals surface area (Å²) in [6.07, 6.45) is 0.943. The zero-order chi connectivity index (χ0) is 15.2. The van der Waals surface area contributed by atoms with E-state index < -0.39 is 0 Å². The lowest BCUT2D eigenvalue weighted by atomic mass is 10.1. The van der Waals surface area contributed by atoms with E-state index in [0.717, 1.165) is 12.1 Å². The second-order valence-corrected chi connectivity index (χ2v) is 6.47. The minimum absolute atomic E-state index is 0.0138. The third-order valence-electron chi connectivity index (χ3n) is 3.23. The van der Waals surface area contributed by atoms with Gasteiger partial charge in [0.05, 0.1) is 6.04 Å². The Balaban J connectivity index is 2.05. The van der Waals surface area contributed by atoms with Crippen LogP contribution < -0.4 is 10.6 Å². The fourth-order valence-corrected chi connectivity index (χ4v) is 2.98. The third kappa shape index (κ3) is 4.33. The molecule has 1 amide bonds. The SMILES string of the molecule is CCCNC(=O)c1cccc(NC(C)c2ccc(C)s2)c1. The van der Waals surface area contributed by atoms with Crippen molar-refractivity contribution in [2.75, 3.05) is 11.9 Å². The van der Waals surface area contributed by atoms with E-state index in [1.807, 2.05) is 31.2 Å². The second-order valence-electron chi connectivity index (χ2n) is 5.15. The van der Waals surface area contributed by atoms with Gasteiger partial charge in [-0.15, -0.1) is 11.3 Å². The maximum absolute atomic E-state index is 12.0. The molecule has 1 aromatic heterocycles. The third-order valence-corrected chi connectivity index (χ3v) is 4.41. The van der Waals surface area contributed by atoms with E-state index in [0.29, 0.717) is 12.1 Å². The van der Waals surface area contributed by atoms with E-state index in [4.69, 9.17) is 0 Å². The van der Waals surface area contributed by atoms with E-state index in [-0.39, 0.29) is 11.9 Å². The van der Waals surface area contributed by atoms with E-state index in [2.05, 4.69) is 36.6 Å². The van der Waals surface area contributed by atoms with E-state index in [9.17, 15) is 4.79 Å². The molecule has 0 radical (unpaired) electrons. The van der Waals surface area contributed by atoms with Crippen molar-refractivity contribution >= 4 is 22.9 Å². The minimum Gasteiger partial charge on any atom is -0.378 e. The summed E-state index contributed by atoms with van der Waals surface area (Å²) in [5.74, 6) is -0.0138. The number of carbonyl (C=O) groups is 1. The molecule has 1 heterocycles. The fourth-order valence-electron chi connectivity index (χ4n) is 2.10. The maximum Gasteiger partial charge on any atom is 0.251 e. The Morgan fingerprint density at radius 2 is 2.10 bits per heavy atom. The molecule has 0 aliphatic carbocycles. The highest BCUT2D eigenvalue weighted by Crippen LogP contribution is 2.26. The largest absolute Gasteiger partial charge is 0.378 e. The molecule has 0 saturated carbocycles. The fraction of sp³-hybridized carbons (Fsp3) is 0.353. The number of thiophene rings is 1. The van der Waals surface area contributed by atoms with E-state index in [1.54, 1.807) is 11.3 Å². The topological polar surface area (TPSA) is 41.1 Å². The van der Waals surface area contributed by atoms with Gasteiger partial charge >= 0.3 is 0 Å². The van der Waals surface area contributed by atoms with Crippen LogP contribution in [0.4, 0.5) is 5.69 Å². The van der Waals surface area contributed by atoms with Gasteiger partial charge in [0.15, 0.2) is 0 Å². The summed E-state index contributed by atoms with van der Waals surface area (Å²) in [4.78, 5) is 14.6. The average Bonchev–Trinajstić information content (AvgIpc) is 2.91. The first-order valence-corrected chi connectivity index (χ1v) is 8.13. The molecule has 2 aromatic rings. The molecule has 21 heavy (non-hydrogen) atoms. The van der Waals surface area contributed by atoms with Crippen molar-refractivity contribution in [3.8, 4) is 0 Å². The molecule has 0 aliphatic heterocycles. The Labute approximate surface area is 130 Å². The van der Waals surface area contributed by atoms with Gasteiger partial charge in [0.2, 0.25) is 0 Å². The number of aryl methyl sites for hydroxylation is 1. The monoisotopic (exact) mass is 302 g/mol. The molecule has 3 nitrogen and oxygen atoms in total. The Bertz CT molecular complexity index is 606. The van der Waals surface area contributed by atoms with Crippen LogP contribution in [0.2, 0.25) is 0 Å². The summed E-state index contributed by atoms with van der Waals surface area (Å²) in [6.45, 7) is 7.00. The first kappa shape index (κ1) is 15.6. The normalized spacial score (nSPS) is 12.0. The van der Waals surface area contributed by atoms with Gasteiger partial charge in [-0.05, 0) is 50.6 Å². The molecule has 0 spiro atoms. The molecule has 2 rings (SSSR count). The molecule has 112 valence electrons. The number of nitrogens with one attached hydrogen (secondary N) is 2. The summed E-state index contributed by atoms with van der Waals surface area (Å²) in [5.41, 5.74) is 1.67. The molecule has 0 saturated heterocycles. The number of anilines is 1. The summed E-state index contributed by atoms with van der Waals surface area (Å²) >= 11 is 1.79. The molecule has 1 unspecified atom stereocenters. The van der Waals surface area contributed by atoms with Gasteiger partial charge in [0, 0.05) is 27.5 Å². The quantitative estimate of drug-likeness (QED) is 0.832. The maximum atomic E-state index is 12.0. The molecule has 0 fully saturated rings. The smallest absolute Gasteiger partial charge is 0.251 e. The standard InChI is InChI=1S/C17H22N2OS/c1-4-10-18-17(20)14-6-5-7-15(11-14)19-13(3)16-9-8-12(2)21-16/h5-9,11,13,19H,4,10H2,1-3H3,(H,18,20). The van der Waals surface area contributed by atoms with Gasteiger partial charge in [0.25, 0.3) is 5.91 Å². The lowest BCUT2D eigenvalue weighted by Crippen LogP contribution is -2.24. The molecular formula is C17H22N2OS. The molecule has 1 atom stereocenters. The predicted molar refractivity (Wildman–Crippen MR) is 90.2 cm³/mol. The Morgan fingerprint density at radius 3 is 2.76 bits per heavy atom. The molecule has 1 aromatic carbocycles. The van der Waals surface area contributed by atoms with Gasteiger partial charge < -0.3 is 10.6 Å². The van der Waals surface area contributed by atoms with Crippen molar-refractivity contribution in [3.05, 3.63) is 51.7 Å². The van der Waals surface area contributed by atoms with Crippen molar-refractivity contribution in [1.82, 2.24) is 5.32 Å². The van der Waals surface area contributed by atoms with Crippen LogP contribution >= 0.6 is 11.3 Å². The van der Waals surface area contributed by atoms with Crippen LogP contribution in [0.3, 0.4) is 0 Å². The van der Waals surface area contributed by atoms with Crippen LogP contribution in [-0.2, 0) is 0 Å². The molecule has 0 aliphatic rings. The van der Waals surface area contributed by atoms with Gasteiger partial charge in [-0.25, -0.2) is 0 Å². The van der Waals surface area contributed by atoms with Crippen LogP contribution in [0.25, 0.3) is 0 Å². The Morgan fingerprint density at radius 1 is 1.29 bits per heavy atom. The zero-order valence-electron chi connectivity index (χ0n) is 12.8. The molecular weight excluding hydrogens is 280 g/mol. The lowest BCUT2D eigenvalue weighted by molar-refractivity contribution is 0.0953. The number of amides is 1.